The Labute approximate surface area is 252 Å². The number of aliphatic hydroxyl groups excluding tert-OH is 2. The zero-order valence-corrected chi connectivity index (χ0v) is 27.6. The topological polar surface area (TPSA) is 138 Å². The minimum atomic E-state index is -1.74. The summed E-state index contributed by atoms with van der Waals surface area (Å²) in [5, 5.41) is 34.2. The third kappa shape index (κ3) is 8.64. The van der Waals surface area contributed by atoms with Crippen molar-refractivity contribution in [3.63, 3.8) is 0 Å². The Hall–Kier alpha value is -1.34. The second-order valence-corrected chi connectivity index (χ2v) is 13.7. The van der Waals surface area contributed by atoms with Gasteiger partial charge in [-0.05, 0) is 80.9 Å². The predicted octanol–water partition coefficient (Wildman–Crippen LogP) is 2.19. The Morgan fingerprint density at radius 1 is 1.12 bits per heavy atom. The minimum absolute atomic E-state index is 0.0573. The van der Waals surface area contributed by atoms with Crippen LogP contribution in [-0.4, -0.2) is 125 Å². The van der Waals surface area contributed by atoms with Gasteiger partial charge >= 0.3 is 5.97 Å². The maximum atomic E-state index is 13.4. The Kier molecular flexibility index (Phi) is 13.2. The molecule has 2 fully saturated rings. The molecule has 11 heteroatoms. The van der Waals surface area contributed by atoms with Gasteiger partial charge in [-0.3, -0.25) is 9.59 Å². The fraction of sp³-hybridized carbons (Fsp3) is 0.935. The molecule has 2 saturated heterocycles. The maximum Gasteiger partial charge on any atom is 0.311 e. The van der Waals surface area contributed by atoms with Crippen LogP contribution in [0.1, 0.15) is 81.1 Å². The molecule has 246 valence electrons. The second kappa shape index (κ2) is 15.1. The first-order chi connectivity index (χ1) is 19.4. The normalized spacial score (nSPS) is 45.5. The summed E-state index contributed by atoms with van der Waals surface area (Å²) in [6.07, 6.45) is -2.93. The van der Waals surface area contributed by atoms with E-state index in [9.17, 15) is 24.9 Å². The van der Waals surface area contributed by atoms with Crippen molar-refractivity contribution in [1.29, 1.82) is 0 Å². The van der Waals surface area contributed by atoms with Crippen LogP contribution in [0.4, 0.5) is 0 Å². The SMILES string of the molecule is CC[C@H]1OC(=O)[C@H](C)[C@@H](O)[C@H](C)[C@@H](O[C@H]2C[C@@H](N(C)C)C[C@@H](C)O2)[C@](C)(OC=O)C[C@@H](C)CN(C)C(C)[C@@H](O)[C@]1(C)O. The molecule has 42 heavy (non-hydrogen) atoms. The number of carbonyl (C=O) groups is 2. The number of cyclic esters (lactones) is 1. The van der Waals surface area contributed by atoms with Gasteiger partial charge in [-0.15, -0.1) is 0 Å². The van der Waals surface area contributed by atoms with Crippen LogP contribution in [0.25, 0.3) is 0 Å². The summed E-state index contributed by atoms with van der Waals surface area (Å²) in [6.45, 7) is 15.1. The molecule has 0 aromatic carbocycles. The Morgan fingerprint density at radius 2 is 1.74 bits per heavy atom. The lowest BCUT2D eigenvalue weighted by Crippen LogP contribution is -2.59. The van der Waals surface area contributed by atoms with Gasteiger partial charge < -0.3 is 44.1 Å². The van der Waals surface area contributed by atoms with Gasteiger partial charge in [0.2, 0.25) is 0 Å². The molecule has 0 aromatic rings. The molecule has 2 aliphatic rings. The van der Waals surface area contributed by atoms with E-state index in [0.29, 0.717) is 25.9 Å². The fourth-order valence-electron chi connectivity index (χ4n) is 6.88. The first kappa shape index (κ1) is 36.8. The first-order valence-electron chi connectivity index (χ1n) is 15.5. The number of hydrogen-bond donors (Lipinski definition) is 3. The van der Waals surface area contributed by atoms with E-state index in [1.54, 1.807) is 27.7 Å². The van der Waals surface area contributed by atoms with Crippen molar-refractivity contribution < 1.29 is 43.9 Å². The lowest BCUT2D eigenvalue weighted by atomic mass is 9.77. The molecule has 0 aliphatic carbocycles. The van der Waals surface area contributed by atoms with Crippen molar-refractivity contribution in [2.75, 3.05) is 27.7 Å². The fourth-order valence-corrected chi connectivity index (χ4v) is 6.88. The van der Waals surface area contributed by atoms with E-state index in [4.69, 9.17) is 18.9 Å². The van der Waals surface area contributed by atoms with Crippen LogP contribution in [-0.2, 0) is 28.5 Å². The van der Waals surface area contributed by atoms with Crippen molar-refractivity contribution in [3.05, 3.63) is 0 Å². The number of likely N-dealkylation sites (N-methyl/N-ethyl adjacent to an activating group) is 1. The van der Waals surface area contributed by atoms with Gasteiger partial charge in [-0.1, -0.05) is 20.8 Å². The number of aliphatic hydroxyl groups is 3. The number of carbonyl (C=O) groups excluding carboxylic acids is 2. The van der Waals surface area contributed by atoms with Crippen LogP contribution in [0.5, 0.6) is 0 Å². The van der Waals surface area contributed by atoms with Gasteiger partial charge in [0.15, 0.2) is 6.29 Å². The summed E-state index contributed by atoms with van der Waals surface area (Å²) in [7, 11) is 5.88. The highest BCUT2D eigenvalue weighted by Gasteiger charge is 2.50. The summed E-state index contributed by atoms with van der Waals surface area (Å²) in [4.78, 5) is 29.4. The number of nitrogens with zero attached hydrogens (tertiary/aromatic N) is 2. The average Bonchev–Trinajstić information content (AvgIpc) is 2.91. The van der Waals surface area contributed by atoms with Gasteiger partial charge in [-0.25, -0.2) is 0 Å². The molecule has 2 aliphatic heterocycles. The molecule has 0 bridgehead atoms. The number of ether oxygens (including phenoxy) is 4. The second-order valence-electron chi connectivity index (χ2n) is 13.7. The van der Waals surface area contributed by atoms with E-state index >= 15 is 0 Å². The molecule has 11 nitrogen and oxygen atoms in total. The van der Waals surface area contributed by atoms with Crippen molar-refractivity contribution in [2.24, 2.45) is 17.8 Å². The Morgan fingerprint density at radius 3 is 2.29 bits per heavy atom. The van der Waals surface area contributed by atoms with Crippen molar-refractivity contribution in [3.8, 4) is 0 Å². The van der Waals surface area contributed by atoms with E-state index < -0.39 is 65.8 Å². The van der Waals surface area contributed by atoms with Gasteiger partial charge in [0.1, 0.15) is 29.5 Å². The number of hydrogen-bond acceptors (Lipinski definition) is 11. The van der Waals surface area contributed by atoms with Crippen LogP contribution in [0, 0.1) is 17.8 Å². The monoisotopic (exact) mass is 602 g/mol. The summed E-state index contributed by atoms with van der Waals surface area (Å²) in [5.74, 6) is -2.45. The molecular weight excluding hydrogens is 544 g/mol. The van der Waals surface area contributed by atoms with Gasteiger partial charge in [-0.2, -0.15) is 0 Å². The highest BCUT2D eigenvalue weighted by molar-refractivity contribution is 5.73. The smallest absolute Gasteiger partial charge is 0.311 e. The third-order valence-electron chi connectivity index (χ3n) is 9.69. The molecule has 0 spiro atoms. The highest BCUT2D eigenvalue weighted by atomic mass is 16.7. The Bertz CT molecular complexity index is 873. The van der Waals surface area contributed by atoms with Gasteiger partial charge in [0.05, 0.1) is 18.1 Å². The van der Waals surface area contributed by atoms with E-state index in [-0.39, 0.29) is 24.5 Å². The van der Waals surface area contributed by atoms with Crippen molar-refractivity contribution in [2.45, 2.75) is 141 Å². The first-order valence-corrected chi connectivity index (χ1v) is 15.5. The van der Waals surface area contributed by atoms with Crippen LogP contribution in [0.15, 0.2) is 0 Å². The van der Waals surface area contributed by atoms with Crippen LogP contribution in [0.3, 0.4) is 0 Å². The maximum absolute atomic E-state index is 13.4. The molecule has 2 heterocycles. The lowest BCUT2D eigenvalue weighted by Gasteiger charge is -2.46. The average molecular weight is 603 g/mol. The van der Waals surface area contributed by atoms with Gasteiger partial charge in [0.25, 0.3) is 6.47 Å². The predicted molar refractivity (Wildman–Crippen MR) is 158 cm³/mol. The third-order valence-corrected chi connectivity index (χ3v) is 9.69. The van der Waals surface area contributed by atoms with E-state index in [2.05, 4.69) is 4.90 Å². The summed E-state index contributed by atoms with van der Waals surface area (Å²) in [6, 6.07) is -0.278. The standard InChI is InChI=1S/C31H58N2O9/c1-12-24-31(8,38)27(36)22(6)33(11)16-18(2)15-30(7,39-17-34)28(20(4)26(35)21(5)29(37)41-24)42-25-14-23(32(9)10)13-19(3)40-25/h17-28,35-36,38H,12-16H2,1-11H3/t18-,19-,20+,21-,22?,23+,24-,25+,26+,27-,28-,30-,31-/m1/s1. The molecule has 0 amide bonds. The van der Waals surface area contributed by atoms with Crippen LogP contribution in [0.2, 0.25) is 0 Å². The molecule has 13 atom stereocenters. The van der Waals surface area contributed by atoms with Crippen LogP contribution >= 0.6 is 0 Å². The Balaban J connectivity index is 2.58. The minimum Gasteiger partial charge on any atom is -0.459 e. The summed E-state index contributed by atoms with van der Waals surface area (Å²) < 4.78 is 24.4. The molecular formula is C31H58N2O9. The zero-order valence-electron chi connectivity index (χ0n) is 27.6. The van der Waals surface area contributed by atoms with Crippen LogP contribution < -0.4 is 0 Å². The molecule has 0 aromatic heterocycles. The number of rotatable bonds is 6. The summed E-state index contributed by atoms with van der Waals surface area (Å²) >= 11 is 0. The van der Waals surface area contributed by atoms with E-state index in [1.165, 1.54) is 6.92 Å². The van der Waals surface area contributed by atoms with Gasteiger partial charge in [0, 0.05) is 31.0 Å². The molecule has 1 unspecified atom stereocenters. The number of esters is 1. The van der Waals surface area contributed by atoms with E-state index in [1.807, 2.05) is 46.8 Å². The molecule has 0 radical (unpaired) electrons. The molecule has 0 saturated carbocycles. The molecule has 3 N–H and O–H groups in total. The largest absolute Gasteiger partial charge is 0.459 e. The van der Waals surface area contributed by atoms with Crippen molar-refractivity contribution in [1.82, 2.24) is 9.80 Å². The quantitative estimate of drug-likeness (QED) is 0.305. The molecule has 2 rings (SSSR count). The lowest BCUT2D eigenvalue weighted by molar-refractivity contribution is -0.269. The van der Waals surface area contributed by atoms with E-state index in [0.717, 1.165) is 6.42 Å². The zero-order chi connectivity index (χ0) is 32.2. The van der Waals surface area contributed by atoms with Crippen molar-refractivity contribution >= 4 is 12.4 Å². The summed E-state index contributed by atoms with van der Waals surface area (Å²) in [5.41, 5.74) is -2.93. The highest BCUT2D eigenvalue weighted by Crippen LogP contribution is 2.38.